The molecule has 0 radical (unpaired) electrons. The van der Waals surface area contributed by atoms with Crippen molar-refractivity contribution in [3.05, 3.63) is 30.1 Å². The molecule has 2 unspecified atom stereocenters. The molecule has 2 aliphatic rings. The van der Waals surface area contributed by atoms with E-state index >= 15 is 0 Å². The summed E-state index contributed by atoms with van der Waals surface area (Å²) in [6.07, 6.45) is 4.58. The molecule has 0 spiro atoms. The fourth-order valence-electron chi connectivity index (χ4n) is 4.66. The van der Waals surface area contributed by atoms with Gasteiger partial charge in [-0.15, -0.1) is 24.0 Å². The Labute approximate surface area is 204 Å². The molecule has 1 aromatic rings. The lowest BCUT2D eigenvalue weighted by atomic mass is 9.78. The molecule has 0 aromatic heterocycles. The number of anilines is 1. The second-order valence-electron chi connectivity index (χ2n) is 9.66. The van der Waals surface area contributed by atoms with E-state index < -0.39 is 0 Å². The summed E-state index contributed by atoms with van der Waals surface area (Å²) in [7, 11) is 0. The first-order valence-electron chi connectivity index (χ1n) is 11.5. The van der Waals surface area contributed by atoms with Crippen molar-refractivity contribution in [3.63, 3.8) is 0 Å². The summed E-state index contributed by atoms with van der Waals surface area (Å²) in [6, 6.07) is 7.27. The van der Waals surface area contributed by atoms with Gasteiger partial charge in [-0.2, -0.15) is 0 Å². The van der Waals surface area contributed by atoms with Crippen LogP contribution in [0.4, 0.5) is 10.1 Å². The van der Waals surface area contributed by atoms with Gasteiger partial charge in [-0.05, 0) is 56.2 Å². The van der Waals surface area contributed by atoms with E-state index in [4.69, 9.17) is 9.73 Å². The SMILES string of the molecule is CCNC(=NCC1CCCOC1C(C)(C)C)NC1CCN(c2cccc(F)c2)CC1.I. The van der Waals surface area contributed by atoms with Crippen molar-refractivity contribution in [2.75, 3.05) is 37.7 Å². The Morgan fingerprint density at radius 3 is 2.61 bits per heavy atom. The molecule has 0 amide bonds. The Balaban J connectivity index is 0.00000341. The summed E-state index contributed by atoms with van der Waals surface area (Å²) in [6.45, 7) is 13.2. The van der Waals surface area contributed by atoms with Gasteiger partial charge in [-0.3, -0.25) is 4.99 Å². The maximum absolute atomic E-state index is 13.5. The van der Waals surface area contributed by atoms with Crippen LogP contribution in [0.5, 0.6) is 0 Å². The number of piperidine rings is 1. The average molecular weight is 547 g/mol. The van der Waals surface area contributed by atoms with Crippen LogP contribution in [0.2, 0.25) is 0 Å². The fraction of sp³-hybridized carbons (Fsp3) is 0.708. The molecule has 1 aromatic carbocycles. The normalized spacial score (nSPS) is 23.3. The smallest absolute Gasteiger partial charge is 0.191 e. The minimum absolute atomic E-state index is 0. The van der Waals surface area contributed by atoms with E-state index in [1.807, 2.05) is 6.07 Å². The molecule has 31 heavy (non-hydrogen) atoms. The predicted molar refractivity (Wildman–Crippen MR) is 138 cm³/mol. The zero-order valence-electron chi connectivity index (χ0n) is 19.5. The number of halogens is 2. The molecule has 0 aliphatic carbocycles. The van der Waals surface area contributed by atoms with Crippen LogP contribution >= 0.6 is 24.0 Å². The highest BCUT2D eigenvalue weighted by molar-refractivity contribution is 14.0. The summed E-state index contributed by atoms with van der Waals surface area (Å²) >= 11 is 0. The second kappa shape index (κ2) is 12.2. The first-order chi connectivity index (χ1) is 14.4. The number of nitrogens with one attached hydrogen (secondary N) is 2. The molecular formula is C24H40FIN4O. The maximum atomic E-state index is 13.5. The van der Waals surface area contributed by atoms with Crippen LogP contribution in [0.25, 0.3) is 0 Å². The molecular weight excluding hydrogens is 506 g/mol. The van der Waals surface area contributed by atoms with Crippen molar-refractivity contribution >= 4 is 35.6 Å². The highest BCUT2D eigenvalue weighted by Gasteiger charge is 2.35. The van der Waals surface area contributed by atoms with Crippen LogP contribution in [-0.4, -0.2) is 50.9 Å². The monoisotopic (exact) mass is 546 g/mol. The van der Waals surface area contributed by atoms with E-state index in [1.165, 1.54) is 12.5 Å². The molecule has 2 aliphatic heterocycles. The van der Waals surface area contributed by atoms with E-state index in [2.05, 4.69) is 43.2 Å². The largest absolute Gasteiger partial charge is 0.377 e. The van der Waals surface area contributed by atoms with Gasteiger partial charge < -0.3 is 20.3 Å². The lowest BCUT2D eigenvalue weighted by molar-refractivity contribution is -0.0823. The Kier molecular flexibility index (Phi) is 10.3. The lowest BCUT2D eigenvalue weighted by Crippen LogP contribution is -2.49. The molecule has 2 heterocycles. The summed E-state index contributed by atoms with van der Waals surface area (Å²) in [4.78, 5) is 7.20. The van der Waals surface area contributed by atoms with Gasteiger partial charge in [0, 0.05) is 50.4 Å². The van der Waals surface area contributed by atoms with E-state index in [9.17, 15) is 4.39 Å². The maximum Gasteiger partial charge on any atom is 0.191 e. The number of rotatable bonds is 5. The quantitative estimate of drug-likeness (QED) is 0.316. The van der Waals surface area contributed by atoms with Crippen LogP contribution in [-0.2, 0) is 4.74 Å². The van der Waals surface area contributed by atoms with Gasteiger partial charge >= 0.3 is 0 Å². The van der Waals surface area contributed by atoms with Crippen molar-refractivity contribution in [1.29, 1.82) is 0 Å². The Morgan fingerprint density at radius 2 is 1.97 bits per heavy atom. The molecule has 3 rings (SSSR count). The molecule has 0 saturated carbocycles. The molecule has 2 N–H and O–H groups in total. The third kappa shape index (κ3) is 7.77. The first kappa shape index (κ1) is 26.2. The van der Waals surface area contributed by atoms with Crippen molar-refractivity contribution < 1.29 is 9.13 Å². The van der Waals surface area contributed by atoms with Crippen molar-refractivity contribution in [2.24, 2.45) is 16.3 Å². The summed E-state index contributed by atoms with van der Waals surface area (Å²) in [5.74, 6) is 1.19. The number of hydrogen-bond donors (Lipinski definition) is 2. The summed E-state index contributed by atoms with van der Waals surface area (Å²) < 4.78 is 19.6. The zero-order valence-corrected chi connectivity index (χ0v) is 21.8. The van der Waals surface area contributed by atoms with Gasteiger partial charge in [0.2, 0.25) is 0 Å². The van der Waals surface area contributed by atoms with Crippen molar-refractivity contribution in [3.8, 4) is 0 Å². The van der Waals surface area contributed by atoms with Crippen molar-refractivity contribution in [2.45, 2.75) is 65.5 Å². The minimum atomic E-state index is -0.172. The number of ether oxygens (including phenoxy) is 1. The average Bonchev–Trinajstić information content (AvgIpc) is 2.72. The predicted octanol–water partition coefficient (Wildman–Crippen LogP) is 4.81. The van der Waals surface area contributed by atoms with E-state index in [0.717, 1.165) is 63.7 Å². The van der Waals surface area contributed by atoms with Crippen LogP contribution < -0.4 is 15.5 Å². The Bertz CT molecular complexity index is 701. The highest BCUT2D eigenvalue weighted by atomic mass is 127. The standard InChI is InChI=1S/C24H39FN4O.HI/c1-5-26-23(27-17-18-8-7-15-30-22(18)24(2,3)4)28-20-11-13-29(14-12-20)21-10-6-9-19(25)16-21;/h6,9-10,16,18,20,22H,5,7-8,11-15,17H2,1-4H3,(H2,26,27,28);1H. The van der Waals surface area contributed by atoms with Gasteiger partial charge in [-0.1, -0.05) is 26.8 Å². The number of guanidine groups is 1. The third-order valence-electron chi connectivity index (χ3n) is 6.14. The molecule has 2 saturated heterocycles. The second-order valence-corrected chi connectivity index (χ2v) is 9.66. The van der Waals surface area contributed by atoms with Crippen LogP contribution in [0, 0.1) is 17.2 Å². The van der Waals surface area contributed by atoms with Gasteiger partial charge in [0.15, 0.2) is 5.96 Å². The lowest BCUT2D eigenvalue weighted by Gasteiger charge is -2.39. The Hall–Kier alpha value is -1.09. The van der Waals surface area contributed by atoms with Gasteiger partial charge in [0.1, 0.15) is 5.82 Å². The van der Waals surface area contributed by atoms with E-state index in [-0.39, 0.29) is 41.3 Å². The number of hydrogen-bond acceptors (Lipinski definition) is 3. The van der Waals surface area contributed by atoms with Crippen LogP contribution in [0.1, 0.15) is 53.4 Å². The van der Waals surface area contributed by atoms with Crippen LogP contribution in [0.3, 0.4) is 0 Å². The number of aliphatic imine (C=N–C) groups is 1. The molecule has 7 heteroatoms. The molecule has 2 fully saturated rings. The summed E-state index contributed by atoms with van der Waals surface area (Å²) in [5, 5.41) is 7.04. The number of nitrogens with zero attached hydrogens (tertiary/aromatic N) is 2. The van der Waals surface area contributed by atoms with Crippen molar-refractivity contribution in [1.82, 2.24) is 10.6 Å². The van der Waals surface area contributed by atoms with Gasteiger partial charge in [0.05, 0.1) is 6.10 Å². The molecule has 2 atom stereocenters. The number of benzene rings is 1. The minimum Gasteiger partial charge on any atom is -0.377 e. The Morgan fingerprint density at radius 1 is 1.23 bits per heavy atom. The van der Waals surface area contributed by atoms with E-state index in [0.29, 0.717) is 12.0 Å². The summed E-state index contributed by atoms with van der Waals surface area (Å²) in [5.41, 5.74) is 1.11. The van der Waals surface area contributed by atoms with E-state index in [1.54, 1.807) is 12.1 Å². The van der Waals surface area contributed by atoms with Gasteiger partial charge in [0.25, 0.3) is 0 Å². The topological polar surface area (TPSA) is 48.9 Å². The molecule has 0 bridgehead atoms. The zero-order chi connectivity index (χ0) is 21.6. The molecule has 176 valence electrons. The third-order valence-corrected chi connectivity index (χ3v) is 6.14. The van der Waals surface area contributed by atoms with Gasteiger partial charge in [-0.25, -0.2) is 4.39 Å². The first-order valence-corrected chi connectivity index (χ1v) is 11.5. The fourth-order valence-corrected chi connectivity index (χ4v) is 4.66. The highest BCUT2D eigenvalue weighted by Crippen LogP contribution is 2.34. The molecule has 5 nitrogen and oxygen atoms in total. The van der Waals surface area contributed by atoms with Crippen LogP contribution in [0.15, 0.2) is 29.3 Å².